The first-order chi connectivity index (χ1) is 7.11. The fourth-order valence-electron chi connectivity index (χ4n) is 2.16. The minimum atomic E-state index is 0.194. The third-order valence-electron chi connectivity index (χ3n) is 2.97. The van der Waals surface area contributed by atoms with Gasteiger partial charge in [0.25, 0.3) is 0 Å². The number of rotatable bonds is 1. The zero-order valence-electron chi connectivity index (χ0n) is 8.96. The maximum absolute atomic E-state index is 9.70. The van der Waals surface area contributed by atoms with Crippen LogP contribution in [0.1, 0.15) is 31.7 Å². The summed E-state index contributed by atoms with van der Waals surface area (Å²) >= 11 is 6.16. The minimum absolute atomic E-state index is 0.194. The van der Waals surface area contributed by atoms with Gasteiger partial charge in [0.1, 0.15) is 0 Å². The van der Waals surface area contributed by atoms with Gasteiger partial charge in [0.05, 0.1) is 6.61 Å². The van der Waals surface area contributed by atoms with E-state index in [0.717, 1.165) is 12.0 Å². The molecule has 0 amide bonds. The molecule has 3 heteroatoms. The summed E-state index contributed by atoms with van der Waals surface area (Å²) in [5.74, 6) is 1.66. The first-order valence-corrected chi connectivity index (χ1v) is 5.63. The van der Waals surface area contributed by atoms with Gasteiger partial charge in [0.2, 0.25) is 0 Å². The largest absolute Gasteiger partial charge is 0.504 e. The molecule has 0 spiro atoms. The van der Waals surface area contributed by atoms with Crippen molar-refractivity contribution in [1.82, 2.24) is 0 Å². The van der Waals surface area contributed by atoms with Crippen molar-refractivity contribution in [1.29, 1.82) is 0 Å². The van der Waals surface area contributed by atoms with Crippen molar-refractivity contribution in [3.8, 4) is 11.5 Å². The second kappa shape index (κ2) is 3.93. The van der Waals surface area contributed by atoms with E-state index >= 15 is 0 Å². The van der Waals surface area contributed by atoms with Gasteiger partial charge in [-0.3, -0.25) is 0 Å². The van der Waals surface area contributed by atoms with Crippen molar-refractivity contribution < 1.29 is 9.84 Å². The number of phenolic OH excluding ortho intramolecular Hbond substituents is 1. The zero-order chi connectivity index (χ0) is 11.0. The summed E-state index contributed by atoms with van der Waals surface area (Å²) < 4.78 is 5.48. The normalized spacial score (nSPS) is 19.9. The van der Waals surface area contributed by atoms with Crippen LogP contribution in [0.4, 0.5) is 0 Å². The quantitative estimate of drug-likeness (QED) is 0.793. The van der Waals surface area contributed by atoms with Crippen LogP contribution in [0.3, 0.4) is 0 Å². The Balaban J connectivity index is 2.54. The zero-order valence-corrected chi connectivity index (χ0v) is 9.71. The molecule has 1 heterocycles. The molecule has 2 rings (SSSR count). The van der Waals surface area contributed by atoms with E-state index in [-0.39, 0.29) is 5.75 Å². The lowest BCUT2D eigenvalue weighted by Gasteiger charge is -2.29. The average Bonchev–Trinajstić information content (AvgIpc) is 2.23. The van der Waals surface area contributed by atoms with Crippen LogP contribution in [0.25, 0.3) is 0 Å². The van der Waals surface area contributed by atoms with Crippen LogP contribution in [0, 0.1) is 5.92 Å². The molecule has 0 aromatic heterocycles. The highest BCUT2D eigenvalue weighted by Gasteiger charge is 2.28. The summed E-state index contributed by atoms with van der Waals surface area (Å²) in [7, 11) is 0. The Morgan fingerprint density at radius 1 is 1.47 bits per heavy atom. The molecule has 1 aliphatic rings. The third-order valence-corrected chi connectivity index (χ3v) is 3.30. The number of hydrogen-bond acceptors (Lipinski definition) is 2. The molecule has 0 bridgehead atoms. The maximum Gasteiger partial charge on any atom is 0.165 e. The molecule has 1 aromatic rings. The van der Waals surface area contributed by atoms with Gasteiger partial charge in [0, 0.05) is 10.6 Å². The molecule has 0 saturated carbocycles. The first kappa shape index (κ1) is 10.6. The molecule has 15 heavy (non-hydrogen) atoms. The van der Waals surface area contributed by atoms with Gasteiger partial charge >= 0.3 is 0 Å². The molecule has 0 saturated heterocycles. The van der Waals surface area contributed by atoms with Gasteiger partial charge in [-0.25, -0.2) is 0 Å². The van der Waals surface area contributed by atoms with Crippen molar-refractivity contribution in [2.45, 2.75) is 26.2 Å². The molecule has 82 valence electrons. The van der Waals surface area contributed by atoms with E-state index in [1.165, 1.54) is 0 Å². The lowest BCUT2D eigenvalue weighted by atomic mass is 9.84. The van der Waals surface area contributed by atoms with Gasteiger partial charge in [-0.05, 0) is 30.4 Å². The van der Waals surface area contributed by atoms with Crippen molar-refractivity contribution in [2.75, 3.05) is 6.61 Å². The highest BCUT2D eigenvalue weighted by molar-refractivity contribution is 6.31. The maximum atomic E-state index is 9.70. The van der Waals surface area contributed by atoms with Crippen LogP contribution >= 0.6 is 11.6 Å². The van der Waals surface area contributed by atoms with Crippen LogP contribution in [-0.2, 0) is 0 Å². The summed E-state index contributed by atoms with van der Waals surface area (Å²) in [5.41, 5.74) is 0.970. The summed E-state index contributed by atoms with van der Waals surface area (Å²) in [6.07, 6.45) is 0.966. The Morgan fingerprint density at radius 2 is 2.20 bits per heavy atom. The number of aromatic hydroxyl groups is 1. The van der Waals surface area contributed by atoms with Crippen LogP contribution in [0.5, 0.6) is 11.5 Å². The van der Waals surface area contributed by atoms with Crippen molar-refractivity contribution in [2.24, 2.45) is 5.92 Å². The Bertz CT molecular complexity index is 374. The minimum Gasteiger partial charge on any atom is -0.504 e. The standard InChI is InChI=1S/C12H15ClO2/c1-7(2)8-5-6-15-12-10(14)4-3-9(13)11(8)12/h3-4,7-8,14H,5-6H2,1-2H3. The lowest BCUT2D eigenvalue weighted by Crippen LogP contribution is -2.18. The fraction of sp³-hybridized carbons (Fsp3) is 0.500. The monoisotopic (exact) mass is 226 g/mol. The number of ether oxygens (including phenoxy) is 1. The third kappa shape index (κ3) is 1.78. The number of halogens is 1. The molecular weight excluding hydrogens is 212 g/mol. The van der Waals surface area contributed by atoms with Crippen LogP contribution in [0.15, 0.2) is 12.1 Å². The van der Waals surface area contributed by atoms with E-state index in [1.54, 1.807) is 12.1 Å². The number of fused-ring (bicyclic) bond motifs is 1. The van der Waals surface area contributed by atoms with Gasteiger partial charge in [0.15, 0.2) is 11.5 Å². The molecule has 1 N–H and O–H groups in total. The summed E-state index contributed by atoms with van der Waals surface area (Å²) in [6, 6.07) is 3.32. The van der Waals surface area contributed by atoms with Crippen LogP contribution < -0.4 is 4.74 Å². The molecule has 0 radical (unpaired) electrons. The Morgan fingerprint density at radius 3 is 2.87 bits per heavy atom. The van der Waals surface area contributed by atoms with Crippen molar-refractivity contribution >= 4 is 11.6 Å². The van der Waals surface area contributed by atoms with E-state index in [1.807, 2.05) is 0 Å². The number of benzene rings is 1. The van der Waals surface area contributed by atoms with E-state index in [0.29, 0.717) is 29.2 Å². The lowest BCUT2D eigenvalue weighted by molar-refractivity contribution is 0.236. The van der Waals surface area contributed by atoms with E-state index in [2.05, 4.69) is 13.8 Å². The smallest absolute Gasteiger partial charge is 0.165 e. The Labute approximate surface area is 94.8 Å². The molecule has 1 aromatic carbocycles. The highest BCUT2D eigenvalue weighted by Crippen LogP contribution is 2.46. The van der Waals surface area contributed by atoms with E-state index < -0.39 is 0 Å². The Hall–Kier alpha value is -0.890. The van der Waals surface area contributed by atoms with E-state index in [4.69, 9.17) is 16.3 Å². The van der Waals surface area contributed by atoms with Crippen molar-refractivity contribution in [3.63, 3.8) is 0 Å². The van der Waals surface area contributed by atoms with Crippen LogP contribution in [0.2, 0.25) is 5.02 Å². The molecule has 1 atom stereocenters. The number of phenols is 1. The van der Waals surface area contributed by atoms with Gasteiger partial charge in [-0.2, -0.15) is 0 Å². The molecule has 1 unspecified atom stereocenters. The Kier molecular flexibility index (Phi) is 2.79. The van der Waals surface area contributed by atoms with Crippen LogP contribution in [-0.4, -0.2) is 11.7 Å². The fourth-order valence-corrected chi connectivity index (χ4v) is 2.45. The SMILES string of the molecule is CC(C)C1CCOc2c(O)ccc(Cl)c21. The topological polar surface area (TPSA) is 29.5 Å². The van der Waals surface area contributed by atoms with Gasteiger partial charge < -0.3 is 9.84 Å². The van der Waals surface area contributed by atoms with Gasteiger partial charge in [-0.15, -0.1) is 0 Å². The first-order valence-electron chi connectivity index (χ1n) is 5.25. The molecule has 1 aliphatic heterocycles. The number of hydrogen-bond donors (Lipinski definition) is 1. The molecular formula is C12H15ClO2. The van der Waals surface area contributed by atoms with Crippen molar-refractivity contribution in [3.05, 3.63) is 22.7 Å². The van der Waals surface area contributed by atoms with E-state index in [9.17, 15) is 5.11 Å². The molecule has 0 fully saturated rings. The summed E-state index contributed by atoms with van der Waals surface area (Å²) in [6.45, 7) is 4.99. The predicted octanol–water partition coefficient (Wildman–Crippen LogP) is 3.57. The second-order valence-corrected chi connectivity index (χ2v) is 4.70. The molecule has 0 aliphatic carbocycles. The highest BCUT2D eigenvalue weighted by atomic mass is 35.5. The van der Waals surface area contributed by atoms with Gasteiger partial charge in [-0.1, -0.05) is 25.4 Å². The second-order valence-electron chi connectivity index (χ2n) is 4.30. The predicted molar refractivity (Wildman–Crippen MR) is 60.8 cm³/mol. The summed E-state index contributed by atoms with van der Waals surface area (Å²) in [4.78, 5) is 0. The summed E-state index contributed by atoms with van der Waals surface area (Å²) in [5, 5.41) is 10.4. The average molecular weight is 227 g/mol. The molecule has 2 nitrogen and oxygen atoms in total.